The number of hydrogen-bond donors (Lipinski definition) is 2. The van der Waals surface area contributed by atoms with Crippen LogP contribution in [-0.4, -0.2) is 37.4 Å². The van der Waals surface area contributed by atoms with Crippen LogP contribution >= 0.6 is 22.9 Å². The molecule has 0 bridgehead atoms. The number of rotatable bonds is 7. The molecule has 7 heteroatoms. The number of methoxy groups -OCH3 is 1. The normalized spacial score (nSPS) is 12.0. The van der Waals surface area contributed by atoms with Crippen molar-refractivity contribution in [3.63, 3.8) is 0 Å². The number of aliphatic hydroxyl groups is 1. The summed E-state index contributed by atoms with van der Waals surface area (Å²) in [5.41, 5.74) is 0. The molecule has 1 heterocycles. The number of halogens is 1. The third-order valence-electron chi connectivity index (χ3n) is 3.74. The summed E-state index contributed by atoms with van der Waals surface area (Å²) in [5, 5.41) is 14.0. The topological polar surface area (TPSA) is 67.8 Å². The molecule has 0 fully saturated rings. The van der Waals surface area contributed by atoms with Gasteiger partial charge in [-0.05, 0) is 30.3 Å². The maximum atomic E-state index is 12.3. The largest absolute Gasteiger partial charge is 0.497 e. The zero-order chi connectivity index (χ0) is 18.5. The van der Waals surface area contributed by atoms with Crippen LogP contribution in [0.3, 0.4) is 0 Å². The van der Waals surface area contributed by atoms with Crippen molar-refractivity contribution < 1.29 is 19.4 Å². The van der Waals surface area contributed by atoms with E-state index in [0.29, 0.717) is 15.6 Å². The summed E-state index contributed by atoms with van der Waals surface area (Å²) in [4.78, 5) is 12.8. The van der Waals surface area contributed by atoms with E-state index >= 15 is 0 Å². The van der Waals surface area contributed by atoms with Gasteiger partial charge < -0.3 is 19.9 Å². The zero-order valence-corrected chi connectivity index (χ0v) is 15.6. The second-order valence-electron chi connectivity index (χ2n) is 5.59. The molecule has 1 unspecified atom stereocenters. The van der Waals surface area contributed by atoms with Crippen LogP contribution in [0.25, 0.3) is 10.1 Å². The van der Waals surface area contributed by atoms with Crippen LogP contribution in [0.1, 0.15) is 9.67 Å². The summed E-state index contributed by atoms with van der Waals surface area (Å²) in [5.74, 6) is 1.04. The van der Waals surface area contributed by atoms with Crippen LogP contribution < -0.4 is 14.8 Å². The molecule has 0 aliphatic rings. The average Bonchev–Trinajstić information content (AvgIpc) is 3.02. The molecule has 1 aromatic heterocycles. The van der Waals surface area contributed by atoms with E-state index in [1.54, 1.807) is 31.4 Å². The molecule has 2 N–H and O–H groups in total. The number of benzene rings is 2. The van der Waals surface area contributed by atoms with E-state index in [1.165, 1.54) is 11.3 Å². The van der Waals surface area contributed by atoms with Crippen molar-refractivity contribution in [3.8, 4) is 11.5 Å². The first-order valence-electron chi connectivity index (χ1n) is 7.98. The summed E-state index contributed by atoms with van der Waals surface area (Å²) in [7, 11) is 1.59. The minimum absolute atomic E-state index is 0.0623. The van der Waals surface area contributed by atoms with Gasteiger partial charge in [-0.3, -0.25) is 4.79 Å². The molecule has 2 aromatic carbocycles. The summed E-state index contributed by atoms with van der Waals surface area (Å²) in [6.45, 7) is 0.131. The van der Waals surface area contributed by atoms with Gasteiger partial charge in [0.05, 0.1) is 12.1 Å². The van der Waals surface area contributed by atoms with Crippen molar-refractivity contribution in [1.82, 2.24) is 5.32 Å². The van der Waals surface area contributed by atoms with Crippen LogP contribution in [0.2, 0.25) is 5.02 Å². The number of amides is 1. The highest BCUT2D eigenvalue weighted by atomic mass is 35.5. The maximum absolute atomic E-state index is 12.3. The maximum Gasteiger partial charge on any atom is 0.263 e. The molecule has 5 nitrogen and oxygen atoms in total. The Labute approximate surface area is 160 Å². The highest BCUT2D eigenvalue weighted by Crippen LogP contribution is 2.34. The van der Waals surface area contributed by atoms with Gasteiger partial charge in [-0.25, -0.2) is 0 Å². The number of thiophene rings is 1. The lowest BCUT2D eigenvalue weighted by Crippen LogP contribution is -2.35. The van der Waals surface area contributed by atoms with E-state index in [1.807, 2.05) is 24.3 Å². The van der Waals surface area contributed by atoms with Crippen molar-refractivity contribution in [2.75, 3.05) is 20.3 Å². The standard InChI is InChI=1S/C19H18ClNO4S/c1-24-13-6-8-14(9-7-13)25-11-12(22)10-21-19(23)18-17(20)15-4-2-3-5-16(15)26-18/h2-9,12,22H,10-11H2,1H3,(H,21,23). The first kappa shape index (κ1) is 18.5. The summed E-state index contributed by atoms with van der Waals surface area (Å²) >= 11 is 7.61. The summed E-state index contributed by atoms with van der Waals surface area (Å²) in [6, 6.07) is 14.6. The molecule has 0 spiro atoms. The molecular weight excluding hydrogens is 374 g/mol. The molecule has 0 saturated carbocycles. The molecule has 136 valence electrons. The number of carbonyl (C=O) groups is 1. The van der Waals surface area contributed by atoms with Crippen LogP contribution in [-0.2, 0) is 0 Å². The smallest absolute Gasteiger partial charge is 0.263 e. The van der Waals surface area contributed by atoms with Crippen molar-refractivity contribution in [1.29, 1.82) is 0 Å². The summed E-state index contributed by atoms with van der Waals surface area (Å²) < 4.78 is 11.5. The van der Waals surface area contributed by atoms with Gasteiger partial charge in [0, 0.05) is 16.6 Å². The number of aliphatic hydroxyl groups excluding tert-OH is 1. The highest BCUT2D eigenvalue weighted by molar-refractivity contribution is 7.21. The van der Waals surface area contributed by atoms with Gasteiger partial charge in [0.25, 0.3) is 5.91 Å². The Bertz CT molecular complexity index is 894. The van der Waals surface area contributed by atoms with Gasteiger partial charge in [-0.15, -0.1) is 11.3 Å². The van der Waals surface area contributed by atoms with Crippen LogP contribution in [0.5, 0.6) is 11.5 Å². The van der Waals surface area contributed by atoms with Crippen LogP contribution in [0.15, 0.2) is 48.5 Å². The second-order valence-corrected chi connectivity index (χ2v) is 7.02. The SMILES string of the molecule is COc1ccc(OCC(O)CNC(=O)c2sc3ccccc3c2Cl)cc1. The molecule has 0 saturated heterocycles. The molecule has 0 radical (unpaired) electrons. The molecule has 3 rings (SSSR count). The van der Waals surface area contributed by atoms with Gasteiger partial charge in [0.15, 0.2) is 0 Å². The highest BCUT2D eigenvalue weighted by Gasteiger charge is 2.17. The minimum Gasteiger partial charge on any atom is -0.497 e. The van der Waals surface area contributed by atoms with Gasteiger partial charge in [-0.2, -0.15) is 0 Å². The fourth-order valence-electron chi connectivity index (χ4n) is 2.37. The van der Waals surface area contributed by atoms with Crippen molar-refractivity contribution in [2.24, 2.45) is 0 Å². The zero-order valence-electron chi connectivity index (χ0n) is 14.1. The first-order chi connectivity index (χ1) is 12.6. The van der Waals surface area contributed by atoms with Crippen LogP contribution in [0.4, 0.5) is 0 Å². The lowest BCUT2D eigenvalue weighted by molar-refractivity contribution is 0.0847. The van der Waals surface area contributed by atoms with E-state index in [4.69, 9.17) is 21.1 Å². The molecular formula is C19H18ClNO4S. The monoisotopic (exact) mass is 391 g/mol. The predicted octanol–water partition coefficient (Wildman–Crippen LogP) is 3.73. The number of hydrogen-bond acceptors (Lipinski definition) is 5. The fraction of sp³-hybridized carbons (Fsp3) is 0.211. The first-order valence-corrected chi connectivity index (χ1v) is 9.18. The Kier molecular flexibility index (Phi) is 5.98. The third-order valence-corrected chi connectivity index (χ3v) is 5.42. The molecule has 0 aliphatic heterocycles. The van der Waals surface area contributed by atoms with E-state index < -0.39 is 6.10 Å². The number of carbonyl (C=O) groups excluding carboxylic acids is 1. The van der Waals surface area contributed by atoms with Crippen molar-refractivity contribution >= 4 is 38.9 Å². The van der Waals surface area contributed by atoms with E-state index in [2.05, 4.69) is 5.32 Å². The summed E-state index contributed by atoms with van der Waals surface area (Å²) in [6.07, 6.45) is -0.839. The Hall–Kier alpha value is -2.28. The van der Waals surface area contributed by atoms with E-state index in [-0.39, 0.29) is 19.1 Å². The van der Waals surface area contributed by atoms with E-state index in [0.717, 1.165) is 15.8 Å². The Balaban J connectivity index is 1.52. The molecule has 26 heavy (non-hydrogen) atoms. The predicted molar refractivity (Wildman–Crippen MR) is 104 cm³/mol. The van der Waals surface area contributed by atoms with E-state index in [9.17, 15) is 9.90 Å². The molecule has 1 atom stereocenters. The lowest BCUT2D eigenvalue weighted by Gasteiger charge is -2.13. The average molecular weight is 392 g/mol. The van der Waals surface area contributed by atoms with Gasteiger partial charge >= 0.3 is 0 Å². The quantitative estimate of drug-likeness (QED) is 0.644. The molecule has 1 amide bonds. The number of nitrogens with one attached hydrogen (secondary N) is 1. The second kappa shape index (κ2) is 8.40. The third kappa shape index (κ3) is 4.27. The van der Waals surface area contributed by atoms with Gasteiger partial charge in [0.2, 0.25) is 0 Å². The Morgan fingerprint density at radius 2 is 1.88 bits per heavy atom. The molecule has 3 aromatic rings. The Morgan fingerprint density at radius 3 is 2.58 bits per heavy atom. The molecule has 0 aliphatic carbocycles. The van der Waals surface area contributed by atoms with Crippen LogP contribution in [0, 0.1) is 0 Å². The lowest BCUT2D eigenvalue weighted by atomic mass is 10.2. The van der Waals surface area contributed by atoms with Gasteiger partial charge in [-0.1, -0.05) is 29.8 Å². The number of fused-ring (bicyclic) bond motifs is 1. The minimum atomic E-state index is -0.839. The fourth-order valence-corrected chi connectivity index (χ4v) is 3.81. The van der Waals surface area contributed by atoms with Gasteiger partial charge in [0.1, 0.15) is 29.1 Å². The van der Waals surface area contributed by atoms with Crippen molar-refractivity contribution in [2.45, 2.75) is 6.10 Å². The van der Waals surface area contributed by atoms with Crippen molar-refractivity contribution in [3.05, 3.63) is 58.4 Å². The Morgan fingerprint density at radius 1 is 1.19 bits per heavy atom. The number of ether oxygens (including phenoxy) is 2.